The Morgan fingerprint density at radius 3 is 2.73 bits per heavy atom. The van der Waals surface area contributed by atoms with Gasteiger partial charge in [0.05, 0.1) is 12.0 Å². The van der Waals surface area contributed by atoms with Crippen LogP contribution in [0.2, 0.25) is 0 Å². The summed E-state index contributed by atoms with van der Waals surface area (Å²) in [5, 5.41) is 0.0579. The number of carbonyl (C=O) groups is 1. The molecule has 0 atom stereocenters. The van der Waals surface area contributed by atoms with Crippen LogP contribution in [0.5, 0.6) is 0 Å². The number of thiazole rings is 1. The first-order valence-electron chi connectivity index (χ1n) is 2.86. The van der Waals surface area contributed by atoms with Crippen LogP contribution >= 0.6 is 11.3 Å². The summed E-state index contributed by atoms with van der Waals surface area (Å²) in [6.45, 7) is 1.56. The lowest BCUT2D eigenvalue weighted by Gasteiger charge is -1.89. The highest BCUT2D eigenvalue weighted by Crippen LogP contribution is 2.15. The van der Waals surface area contributed by atoms with Gasteiger partial charge in [-0.2, -0.15) is 4.39 Å². The SMILES string of the molecule is COC(=O)c1nc(F)c(C)s1. The van der Waals surface area contributed by atoms with Crippen LogP contribution in [0.1, 0.15) is 14.7 Å². The summed E-state index contributed by atoms with van der Waals surface area (Å²) >= 11 is 0.986. The van der Waals surface area contributed by atoms with E-state index in [1.807, 2.05) is 0 Å². The van der Waals surface area contributed by atoms with Crippen molar-refractivity contribution in [1.82, 2.24) is 4.98 Å². The first-order valence-corrected chi connectivity index (χ1v) is 3.68. The second-order valence-electron chi connectivity index (χ2n) is 1.86. The minimum absolute atomic E-state index is 0.0579. The Morgan fingerprint density at radius 2 is 2.36 bits per heavy atom. The molecule has 3 nitrogen and oxygen atoms in total. The number of hydrogen-bond acceptors (Lipinski definition) is 4. The Kier molecular flexibility index (Phi) is 2.19. The molecule has 0 aliphatic heterocycles. The predicted octanol–water partition coefficient (Wildman–Crippen LogP) is 1.38. The highest BCUT2D eigenvalue weighted by molar-refractivity contribution is 7.13. The van der Waals surface area contributed by atoms with Gasteiger partial charge < -0.3 is 4.74 Å². The third-order valence-electron chi connectivity index (χ3n) is 1.10. The van der Waals surface area contributed by atoms with Crippen molar-refractivity contribution in [2.75, 3.05) is 7.11 Å². The maximum Gasteiger partial charge on any atom is 0.367 e. The molecule has 0 amide bonds. The van der Waals surface area contributed by atoms with Crippen LogP contribution in [-0.2, 0) is 4.74 Å². The molecule has 60 valence electrons. The van der Waals surface area contributed by atoms with Crippen LogP contribution in [0.3, 0.4) is 0 Å². The number of aryl methyl sites for hydroxylation is 1. The highest BCUT2D eigenvalue weighted by atomic mass is 32.1. The summed E-state index contributed by atoms with van der Waals surface area (Å²) in [5.74, 6) is -1.20. The molecule has 1 aromatic rings. The summed E-state index contributed by atoms with van der Waals surface area (Å²) in [6.07, 6.45) is 0. The van der Waals surface area contributed by atoms with E-state index in [9.17, 15) is 9.18 Å². The van der Waals surface area contributed by atoms with E-state index >= 15 is 0 Å². The van der Waals surface area contributed by atoms with Crippen LogP contribution in [0.25, 0.3) is 0 Å². The van der Waals surface area contributed by atoms with Crippen molar-refractivity contribution < 1.29 is 13.9 Å². The van der Waals surface area contributed by atoms with Crippen molar-refractivity contribution >= 4 is 17.3 Å². The molecule has 0 spiro atoms. The number of esters is 1. The van der Waals surface area contributed by atoms with E-state index in [0.29, 0.717) is 4.88 Å². The molecule has 11 heavy (non-hydrogen) atoms. The molecule has 0 saturated heterocycles. The predicted molar refractivity (Wildman–Crippen MR) is 38.1 cm³/mol. The lowest BCUT2D eigenvalue weighted by Crippen LogP contribution is -1.99. The van der Waals surface area contributed by atoms with Crippen molar-refractivity contribution in [2.45, 2.75) is 6.92 Å². The van der Waals surface area contributed by atoms with Gasteiger partial charge in [-0.25, -0.2) is 9.78 Å². The fourth-order valence-electron chi connectivity index (χ4n) is 0.552. The first-order chi connectivity index (χ1) is 5.15. The number of nitrogens with zero attached hydrogens (tertiary/aromatic N) is 1. The molecule has 0 fully saturated rings. The maximum atomic E-state index is 12.5. The fourth-order valence-corrected chi connectivity index (χ4v) is 1.26. The average Bonchev–Trinajstić information content (AvgIpc) is 2.31. The molecule has 0 N–H and O–H groups in total. The van der Waals surface area contributed by atoms with Gasteiger partial charge in [0.2, 0.25) is 11.0 Å². The van der Waals surface area contributed by atoms with Crippen LogP contribution in [0.15, 0.2) is 0 Å². The van der Waals surface area contributed by atoms with Crippen LogP contribution in [0, 0.1) is 12.9 Å². The summed E-state index contributed by atoms with van der Waals surface area (Å²) in [4.78, 5) is 14.5. The lowest BCUT2D eigenvalue weighted by atomic mass is 10.6. The van der Waals surface area contributed by atoms with Gasteiger partial charge in [-0.3, -0.25) is 0 Å². The molecule has 0 saturated carbocycles. The smallest absolute Gasteiger partial charge is 0.367 e. The van der Waals surface area contributed by atoms with Gasteiger partial charge in [-0.15, -0.1) is 11.3 Å². The number of carbonyl (C=O) groups excluding carboxylic acids is 1. The van der Waals surface area contributed by atoms with E-state index < -0.39 is 11.9 Å². The molecule has 0 unspecified atom stereocenters. The molecular formula is C6H6FNO2S. The second kappa shape index (κ2) is 2.96. The number of halogens is 1. The van der Waals surface area contributed by atoms with Crippen molar-refractivity contribution in [3.05, 3.63) is 15.8 Å². The molecule has 0 bridgehead atoms. The topological polar surface area (TPSA) is 39.2 Å². The molecule has 1 heterocycles. The minimum Gasteiger partial charge on any atom is -0.464 e. The van der Waals surface area contributed by atoms with E-state index in [2.05, 4.69) is 9.72 Å². The molecule has 0 radical (unpaired) electrons. The fraction of sp³-hybridized carbons (Fsp3) is 0.333. The van der Waals surface area contributed by atoms with Gasteiger partial charge in [-0.05, 0) is 6.92 Å². The summed E-state index contributed by atoms with van der Waals surface area (Å²) in [7, 11) is 1.23. The molecule has 1 rings (SSSR count). The standard InChI is InChI=1S/C6H6FNO2S/c1-3-4(7)8-5(11-3)6(9)10-2/h1-2H3. The first kappa shape index (κ1) is 8.13. The van der Waals surface area contributed by atoms with Crippen LogP contribution in [0.4, 0.5) is 4.39 Å². The van der Waals surface area contributed by atoms with Crippen molar-refractivity contribution in [2.24, 2.45) is 0 Å². The van der Waals surface area contributed by atoms with E-state index in [0.717, 1.165) is 11.3 Å². The van der Waals surface area contributed by atoms with Gasteiger partial charge >= 0.3 is 5.97 Å². The largest absolute Gasteiger partial charge is 0.464 e. The Hall–Kier alpha value is -0.970. The number of hydrogen-bond donors (Lipinski definition) is 0. The van der Waals surface area contributed by atoms with Crippen LogP contribution < -0.4 is 0 Å². The number of aromatic nitrogens is 1. The van der Waals surface area contributed by atoms with Crippen LogP contribution in [-0.4, -0.2) is 18.1 Å². The van der Waals surface area contributed by atoms with Gasteiger partial charge in [0.25, 0.3) is 0 Å². The van der Waals surface area contributed by atoms with Gasteiger partial charge in [0.1, 0.15) is 0 Å². The van der Waals surface area contributed by atoms with Crippen molar-refractivity contribution in [1.29, 1.82) is 0 Å². The molecule has 0 aromatic carbocycles. The van der Waals surface area contributed by atoms with E-state index in [1.54, 1.807) is 6.92 Å². The molecule has 0 aliphatic rings. The van der Waals surface area contributed by atoms with Crippen molar-refractivity contribution in [3.8, 4) is 0 Å². The minimum atomic E-state index is -0.601. The highest BCUT2D eigenvalue weighted by Gasteiger charge is 2.13. The third kappa shape index (κ3) is 1.54. The maximum absolute atomic E-state index is 12.5. The monoisotopic (exact) mass is 175 g/mol. The number of ether oxygens (including phenoxy) is 1. The average molecular weight is 175 g/mol. The Bertz CT molecular complexity index is 265. The zero-order chi connectivity index (χ0) is 8.43. The van der Waals surface area contributed by atoms with Gasteiger partial charge in [0, 0.05) is 0 Å². The Labute approximate surface area is 66.8 Å². The number of rotatable bonds is 1. The van der Waals surface area contributed by atoms with E-state index in [1.165, 1.54) is 7.11 Å². The molecule has 5 heteroatoms. The zero-order valence-electron chi connectivity index (χ0n) is 6.05. The Balaban J connectivity index is 2.97. The summed E-state index contributed by atoms with van der Waals surface area (Å²) in [5.41, 5.74) is 0. The summed E-state index contributed by atoms with van der Waals surface area (Å²) < 4.78 is 16.9. The Morgan fingerprint density at radius 1 is 1.73 bits per heavy atom. The number of methoxy groups -OCH3 is 1. The van der Waals surface area contributed by atoms with Gasteiger partial charge in [0.15, 0.2) is 0 Å². The lowest BCUT2D eigenvalue weighted by molar-refractivity contribution is 0.0599. The van der Waals surface area contributed by atoms with Crippen molar-refractivity contribution in [3.63, 3.8) is 0 Å². The zero-order valence-corrected chi connectivity index (χ0v) is 6.87. The molecule has 1 aromatic heterocycles. The van der Waals surface area contributed by atoms with E-state index in [4.69, 9.17) is 0 Å². The third-order valence-corrected chi connectivity index (χ3v) is 2.03. The summed E-state index contributed by atoms with van der Waals surface area (Å²) in [6, 6.07) is 0. The molecular weight excluding hydrogens is 169 g/mol. The van der Waals surface area contributed by atoms with Gasteiger partial charge in [-0.1, -0.05) is 0 Å². The second-order valence-corrected chi connectivity index (χ2v) is 3.06. The normalized spacial score (nSPS) is 9.73. The quantitative estimate of drug-likeness (QED) is 0.605. The van der Waals surface area contributed by atoms with E-state index in [-0.39, 0.29) is 5.01 Å². The molecule has 0 aliphatic carbocycles.